The predicted molar refractivity (Wildman–Crippen MR) is 100 cm³/mol. The second-order valence-corrected chi connectivity index (χ2v) is 8.83. The van der Waals surface area contributed by atoms with Gasteiger partial charge < -0.3 is 5.73 Å². The summed E-state index contributed by atoms with van der Waals surface area (Å²) in [5.74, 6) is -0.196. The lowest BCUT2D eigenvalue weighted by Gasteiger charge is -2.19. The number of para-hydroxylation sites is 1. The molecular weight excluding hydrogens is 369 g/mol. The molecule has 0 aliphatic heterocycles. The summed E-state index contributed by atoms with van der Waals surface area (Å²) in [5.41, 5.74) is 5.91. The number of hydrogen-bond donors (Lipinski definition) is 1. The summed E-state index contributed by atoms with van der Waals surface area (Å²) >= 11 is 0. The van der Waals surface area contributed by atoms with Crippen molar-refractivity contribution in [2.45, 2.75) is 23.8 Å². The van der Waals surface area contributed by atoms with Gasteiger partial charge in [0.1, 0.15) is 11.6 Å². The summed E-state index contributed by atoms with van der Waals surface area (Å²) in [6.07, 6.45) is 2.85. The van der Waals surface area contributed by atoms with Gasteiger partial charge in [-0.1, -0.05) is 18.2 Å². The van der Waals surface area contributed by atoms with Crippen LogP contribution in [0.15, 0.2) is 52.2 Å². The largest absolute Gasteiger partial charge is 0.321 e. The fraction of sp³-hybridized carbons (Fsp3) is 0.263. The van der Waals surface area contributed by atoms with Crippen LogP contribution >= 0.6 is 0 Å². The summed E-state index contributed by atoms with van der Waals surface area (Å²) in [6, 6.07) is 9.73. The number of rotatable bonds is 4. The Morgan fingerprint density at radius 1 is 1.19 bits per heavy atom. The lowest BCUT2D eigenvalue weighted by atomic mass is 10.1. The molecule has 0 bridgehead atoms. The Morgan fingerprint density at radius 3 is 2.52 bits per heavy atom. The number of nitrogens with two attached hydrogens (primary N) is 1. The molecule has 3 aromatic rings. The maximum atomic E-state index is 14.5. The van der Waals surface area contributed by atoms with Crippen molar-refractivity contribution in [3.8, 4) is 5.69 Å². The van der Waals surface area contributed by atoms with Gasteiger partial charge in [-0.2, -0.15) is 0 Å². The summed E-state index contributed by atoms with van der Waals surface area (Å²) < 4.78 is 40.0. The van der Waals surface area contributed by atoms with Gasteiger partial charge in [-0.3, -0.25) is 9.36 Å². The van der Waals surface area contributed by atoms with Crippen molar-refractivity contribution in [3.05, 3.63) is 64.5 Å². The molecule has 1 atom stereocenters. The van der Waals surface area contributed by atoms with Gasteiger partial charge >= 0.3 is 0 Å². The Balaban J connectivity index is 2.15. The molecule has 2 N–H and O–H groups in total. The molecule has 140 valence electrons. The van der Waals surface area contributed by atoms with Crippen LogP contribution in [0.3, 0.4) is 0 Å². The fourth-order valence-electron chi connectivity index (χ4n) is 3.28. The van der Waals surface area contributed by atoms with E-state index in [0.717, 1.165) is 23.7 Å². The zero-order valence-corrected chi connectivity index (χ0v) is 15.4. The van der Waals surface area contributed by atoms with E-state index >= 15 is 0 Å². The van der Waals surface area contributed by atoms with Crippen molar-refractivity contribution in [1.82, 2.24) is 9.55 Å². The summed E-state index contributed by atoms with van der Waals surface area (Å²) in [5, 5.41) is -0.0602. The molecule has 0 amide bonds. The first-order valence-electron chi connectivity index (χ1n) is 8.55. The molecule has 1 aromatic heterocycles. The quantitative estimate of drug-likeness (QED) is 0.741. The van der Waals surface area contributed by atoms with Gasteiger partial charge in [0.05, 0.1) is 27.5 Å². The van der Waals surface area contributed by atoms with Crippen LogP contribution in [-0.2, 0) is 9.84 Å². The highest BCUT2D eigenvalue weighted by Gasteiger charge is 2.34. The standard InChI is InChI=1S/C19H18FN3O3S/c1-27(25,26)15-8-4-6-13-16(15)19(24)23(14-7-3-2-5-12(14)20)18(22-13)17(21)11-9-10-11/h2-8,11,17H,9-10,21H2,1H3. The van der Waals surface area contributed by atoms with Crippen LogP contribution in [-0.4, -0.2) is 24.2 Å². The average molecular weight is 387 g/mol. The molecule has 1 heterocycles. The SMILES string of the molecule is CS(=O)(=O)c1cccc2nc(C(N)C3CC3)n(-c3ccccc3F)c(=O)c12. The Morgan fingerprint density at radius 2 is 1.89 bits per heavy atom. The topological polar surface area (TPSA) is 95.0 Å². The Kier molecular flexibility index (Phi) is 4.12. The van der Waals surface area contributed by atoms with Gasteiger partial charge in [-0.25, -0.2) is 17.8 Å². The molecule has 1 saturated carbocycles. The van der Waals surface area contributed by atoms with Crippen molar-refractivity contribution >= 4 is 20.7 Å². The van der Waals surface area contributed by atoms with E-state index in [0.29, 0.717) is 0 Å². The monoisotopic (exact) mass is 387 g/mol. The van der Waals surface area contributed by atoms with E-state index in [4.69, 9.17) is 5.73 Å². The molecule has 27 heavy (non-hydrogen) atoms. The maximum Gasteiger partial charge on any atom is 0.267 e. The van der Waals surface area contributed by atoms with Crippen molar-refractivity contribution in [3.63, 3.8) is 0 Å². The van der Waals surface area contributed by atoms with E-state index in [1.165, 1.54) is 30.3 Å². The van der Waals surface area contributed by atoms with Crippen LogP contribution in [0.5, 0.6) is 0 Å². The maximum absolute atomic E-state index is 14.5. The number of hydrogen-bond acceptors (Lipinski definition) is 5. The lowest BCUT2D eigenvalue weighted by molar-refractivity contribution is 0.559. The van der Waals surface area contributed by atoms with Gasteiger partial charge in [-0.15, -0.1) is 0 Å². The zero-order chi connectivity index (χ0) is 19.3. The Labute approximate surface area is 155 Å². The lowest BCUT2D eigenvalue weighted by Crippen LogP contribution is -2.30. The van der Waals surface area contributed by atoms with Crippen LogP contribution in [0.1, 0.15) is 24.7 Å². The third-order valence-electron chi connectivity index (χ3n) is 4.81. The summed E-state index contributed by atoms with van der Waals surface area (Å²) in [7, 11) is -3.68. The molecule has 0 radical (unpaired) electrons. The van der Waals surface area contributed by atoms with Crippen LogP contribution < -0.4 is 11.3 Å². The summed E-state index contributed by atoms with van der Waals surface area (Å²) in [4.78, 5) is 17.7. The normalized spacial score (nSPS) is 15.8. The van der Waals surface area contributed by atoms with Crippen molar-refractivity contribution in [2.75, 3.05) is 6.26 Å². The highest BCUT2D eigenvalue weighted by Crippen LogP contribution is 2.39. The number of halogens is 1. The first-order valence-corrected chi connectivity index (χ1v) is 10.4. The number of aromatic nitrogens is 2. The molecule has 0 spiro atoms. The smallest absolute Gasteiger partial charge is 0.267 e. The molecule has 8 heteroatoms. The molecule has 4 rings (SSSR count). The van der Waals surface area contributed by atoms with Crippen LogP contribution in [0.25, 0.3) is 16.6 Å². The molecule has 0 saturated heterocycles. The first kappa shape index (κ1) is 17.8. The molecule has 1 aliphatic carbocycles. The number of sulfone groups is 1. The Hall–Kier alpha value is -2.58. The molecule has 2 aromatic carbocycles. The first-order chi connectivity index (χ1) is 12.8. The van der Waals surface area contributed by atoms with Gasteiger partial charge in [0.25, 0.3) is 5.56 Å². The molecule has 1 aliphatic rings. The van der Waals surface area contributed by atoms with E-state index in [-0.39, 0.29) is 33.2 Å². The fourth-order valence-corrected chi connectivity index (χ4v) is 4.17. The number of nitrogens with zero attached hydrogens (tertiary/aromatic N) is 2. The van der Waals surface area contributed by atoms with Gasteiger partial charge in [-0.05, 0) is 43.0 Å². The minimum atomic E-state index is -3.68. The Bertz CT molecular complexity index is 1220. The third kappa shape index (κ3) is 3.04. The van der Waals surface area contributed by atoms with E-state index < -0.39 is 27.3 Å². The van der Waals surface area contributed by atoms with Crippen molar-refractivity contribution < 1.29 is 12.8 Å². The van der Waals surface area contributed by atoms with Crippen molar-refractivity contribution in [2.24, 2.45) is 11.7 Å². The second-order valence-electron chi connectivity index (χ2n) is 6.85. The van der Waals surface area contributed by atoms with Crippen LogP contribution in [0.2, 0.25) is 0 Å². The minimum Gasteiger partial charge on any atom is -0.321 e. The van der Waals surface area contributed by atoms with Crippen LogP contribution in [0, 0.1) is 11.7 Å². The highest BCUT2D eigenvalue weighted by molar-refractivity contribution is 7.91. The minimum absolute atomic E-state index is 0.00584. The predicted octanol–water partition coefficient (Wildman–Crippen LogP) is 2.34. The summed E-state index contributed by atoms with van der Waals surface area (Å²) in [6.45, 7) is 0. The van der Waals surface area contributed by atoms with E-state index in [2.05, 4.69) is 4.98 Å². The van der Waals surface area contributed by atoms with E-state index in [1.54, 1.807) is 12.1 Å². The second kappa shape index (κ2) is 6.24. The van der Waals surface area contributed by atoms with E-state index in [1.807, 2.05) is 0 Å². The molecule has 1 fully saturated rings. The van der Waals surface area contributed by atoms with Gasteiger partial charge in [0.15, 0.2) is 9.84 Å². The van der Waals surface area contributed by atoms with Crippen LogP contribution in [0.4, 0.5) is 4.39 Å². The molecule has 1 unspecified atom stereocenters. The van der Waals surface area contributed by atoms with Gasteiger partial charge in [0, 0.05) is 6.26 Å². The average Bonchev–Trinajstić information content (AvgIpc) is 3.46. The van der Waals surface area contributed by atoms with Crippen molar-refractivity contribution in [1.29, 1.82) is 0 Å². The molecular formula is C19H18FN3O3S. The molecule has 6 nitrogen and oxygen atoms in total. The van der Waals surface area contributed by atoms with Gasteiger partial charge in [0.2, 0.25) is 0 Å². The number of benzene rings is 2. The highest BCUT2D eigenvalue weighted by atomic mass is 32.2. The number of fused-ring (bicyclic) bond motifs is 1. The van der Waals surface area contributed by atoms with E-state index in [9.17, 15) is 17.6 Å². The zero-order valence-electron chi connectivity index (χ0n) is 14.6. The third-order valence-corrected chi connectivity index (χ3v) is 5.95.